The number of carbonyl (C=O) groups is 1. The van der Waals surface area contributed by atoms with Crippen LogP contribution < -0.4 is 5.32 Å². The van der Waals surface area contributed by atoms with E-state index in [-0.39, 0.29) is 17.8 Å². The molecule has 21 heavy (non-hydrogen) atoms. The maximum absolute atomic E-state index is 12.9. The van der Waals surface area contributed by atoms with Crippen molar-refractivity contribution in [3.63, 3.8) is 0 Å². The molecule has 2 aromatic rings. The van der Waals surface area contributed by atoms with Crippen molar-refractivity contribution < 1.29 is 9.18 Å². The van der Waals surface area contributed by atoms with Gasteiger partial charge in [0, 0.05) is 6.08 Å². The van der Waals surface area contributed by atoms with Crippen LogP contribution in [0.2, 0.25) is 0 Å². The van der Waals surface area contributed by atoms with E-state index in [4.69, 9.17) is 0 Å². The molecule has 0 bridgehead atoms. The maximum Gasteiger partial charge on any atom is 0.244 e. The number of aryl methyl sites for hydroxylation is 1. The molecule has 0 saturated heterocycles. The summed E-state index contributed by atoms with van der Waals surface area (Å²) in [6.45, 7) is 3.87. The minimum atomic E-state index is -0.281. The van der Waals surface area contributed by atoms with E-state index < -0.39 is 0 Å². The minimum absolute atomic E-state index is 0.167. The van der Waals surface area contributed by atoms with E-state index in [1.165, 1.54) is 18.2 Å². The Hall–Kier alpha value is -2.42. The molecule has 0 saturated carbocycles. The average molecular weight is 283 g/mol. The number of nitrogens with one attached hydrogen (secondary N) is 1. The zero-order valence-electron chi connectivity index (χ0n) is 12.1. The molecule has 1 N–H and O–H groups in total. The highest BCUT2D eigenvalue weighted by Gasteiger charge is 2.07. The van der Waals surface area contributed by atoms with Gasteiger partial charge in [-0.1, -0.05) is 36.4 Å². The molecular weight excluding hydrogens is 265 g/mol. The fourth-order valence-electron chi connectivity index (χ4n) is 2.04. The summed E-state index contributed by atoms with van der Waals surface area (Å²) in [4.78, 5) is 11.9. The summed E-state index contributed by atoms with van der Waals surface area (Å²) < 4.78 is 12.9. The van der Waals surface area contributed by atoms with E-state index in [9.17, 15) is 9.18 Å². The molecule has 0 spiro atoms. The Morgan fingerprint density at radius 1 is 1.14 bits per heavy atom. The SMILES string of the molecule is Cc1ccccc1/C=C/C(=O)N[C@@H](C)c1ccc(F)cc1. The van der Waals surface area contributed by atoms with Gasteiger partial charge in [-0.25, -0.2) is 4.39 Å². The summed E-state index contributed by atoms with van der Waals surface area (Å²) in [7, 11) is 0. The Bertz CT molecular complexity index is 647. The van der Waals surface area contributed by atoms with Gasteiger partial charge < -0.3 is 5.32 Å². The first kappa shape index (κ1) is 15.0. The molecule has 3 heteroatoms. The predicted molar refractivity (Wildman–Crippen MR) is 83.2 cm³/mol. The van der Waals surface area contributed by atoms with Crippen LogP contribution >= 0.6 is 0 Å². The average Bonchev–Trinajstić information content (AvgIpc) is 2.47. The van der Waals surface area contributed by atoms with Crippen molar-refractivity contribution in [1.82, 2.24) is 5.32 Å². The van der Waals surface area contributed by atoms with Crippen LogP contribution in [0.4, 0.5) is 4.39 Å². The van der Waals surface area contributed by atoms with E-state index in [1.807, 2.05) is 38.1 Å². The summed E-state index contributed by atoms with van der Waals surface area (Å²) in [5, 5.41) is 2.86. The third-order valence-electron chi connectivity index (χ3n) is 3.33. The van der Waals surface area contributed by atoms with Gasteiger partial charge in [0.15, 0.2) is 0 Å². The molecule has 0 aromatic heterocycles. The second-order valence-electron chi connectivity index (χ2n) is 4.97. The molecule has 0 aliphatic carbocycles. The largest absolute Gasteiger partial charge is 0.346 e. The molecule has 1 atom stereocenters. The summed E-state index contributed by atoms with van der Waals surface area (Å²) in [5.41, 5.74) is 3.00. The molecule has 1 amide bonds. The summed E-state index contributed by atoms with van der Waals surface area (Å²) in [6.07, 6.45) is 3.31. The molecular formula is C18H18FNO. The zero-order chi connectivity index (χ0) is 15.2. The highest BCUT2D eigenvalue weighted by molar-refractivity contribution is 5.92. The fourth-order valence-corrected chi connectivity index (χ4v) is 2.04. The Morgan fingerprint density at radius 3 is 2.48 bits per heavy atom. The molecule has 2 nitrogen and oxygen atoms in total. The third kappa shape index (κ3) is 4.28. The number of benzene rings is 2. The topological polar surface area (TPSA) is 29.1 Å². The highest BCUT2D eigenvalue weighted by atomic mass is 19.1. The minimum Gasteiger partial charge on any atom is -0.346 e. The Kier molecular flexibility index (Phi) is 4.88. The lowest BCUT2D eigenvalue weighted by atomic mass is 10.1. The highest BCUT2D eigenvalue weighted by Crippen LogP contribution is 2.13. The smallest absolute Gasteiger partial charge is 0.244 e. The monoisotopic (exact) mass is 283 g/mol. The quantitative estimate of drug-likeness (QED) is 0.843. The maximum atomic E-state index is 12.9. The van der Waals surface area contributed by atoms with Gasteiger partial charge in [0.25, 0.3) is 0 Å². The van der Waals surface area contributed by atoms with Gasteiger partial charge >= 0.3 is 0 Å². The van der Waals surface area contributed by atoms with Crippen molar-refractivity contribution in [1.29, 1.82) is 0 Å². The number of hydrogen-bond acceptors (Lipinski definition) is 1. The molecule has 0 fully saturated rings. The standard InChI is InChI=1S/C18H18FNO/c1-13-5-3-4-6-15(13)9-12-18(21)20-14(2)16-7-10-17(19)11-8-16/h3-12,14H,1-2H3,(H,20,21)/b12-9+/t14-/m0/s1. The molecule has 0 aliphatic rings. The van der Waals surface area contributed by atoms with Crippen LogP contribution in [0, 0.1) is 12.7 Å². The number of halogens is 1. The molecule has 2 aromatic carbocycles. The van der Waals surface area contributed by atoms with Gasteiger partial charge in [0.2, 0.25) is 5.91 Å². The summed E-state index contributed by atoms with van der Waals surface area (Å²) >= 11 is 0. The summed E-state index contributed by atoms with van der Waals surface area (Å²) in [6, 6.07) is 13.8. The van der Waals surface area contributed by atoms with Crippen LogP contribution in [-0.4, -0.2) is 5.91 Å². The van der Waals surface area contributed by atoms with Gasteiger partial charge in [-0.15, -0.1) is 0 Å². The van der Waals surface area contributed by atoms with Crippen LogP contribution in [0.5, 0.6) is 0 Å². The van der Waals surface area contributed by atoms with Crippen LogP contribution in [-0.2, 0) is 4.79 Å². The van der Waals surface area contributed by atoms with Crippen molar-refractivity contribution in [2.75, 3.05) is 0 Å². The number of carbonyl (C=O) groups excluding carboxylic acids is 1. The van der Waals surface area contributed by atoms with E-state index >= 15 is 0 Å². The fraction of sp³-hybridized carbons (Fsp3) is 0.167. The van der Waals surface area contributed by atoms with Crippen molar-refractivity contribution in [3.05, 3.63) is 77.1 Å². The number of amides is 1. The molecule has 0 radical (unpaired) electrons. The van der Waals surface area contributed by atoms with E-state index in [0.29, 0.717) is 0 Å². The summed E-state index contributed by atoms with van der Waals surface area (Å²) in [5.74, 6) is -0.452. The lowest BCUT2D eigenvalue weighted by molar-refractivity contribution is -0.117. The lowest BCUT2D eigenvalue weighted by Gasteiger charge is -2.12. The lowest BCUT2D eigenvalue weighted by Crippen LogP contribution is -2.24. The van der Waals surface area contributed by atoms with Gasteiger partial charge in [-0.2, -0.15) is 0 Å². The van der Waals surface area contributed by atoms with Crippen LogP contribution in [0.3, 0.4) is 0 Å². The van der Waals surface area contributed by atoms with E-state index in [2.05, 4.69) is 5.32 Å². The molecule has 0 aliphatic heterocycles. The predicted octanol–water partition coefficient (Wildman–Crippen LogP) is 4.02. The molecule has 0 heterocycles. The van der Waals surface area contributed by atoms with Gasteiger partial charge in [0.05, 0.1) is 6.04 Å². The molecule has 108 valence electrons. The van der Waals surface area contributed by atoms with Gasteiger partial charge in [-0.05, 0) is 48.7 Å². The third-order valence-corrected chi connectivity index (χ3v) is 3.33. The second kappa shape index (κ2) is 6.84. The number of rotatable bonds is 4. The Morgan fingerprint density at radius 2 is 1.81 bits per heavy atom. The van der Waals surface area contributed by atoms with Gasteiger partial charge in [-0.3, -0.25) is 4.79 Å². The van der Waals surface area contributed by atoms with Crippen LogP contribution in [0.25, 0.3) is 6.08 Å². The van der Waals surface area contributed by atoms with Crippen molar-refractivity contribution in [2.45, 2.75) is 19.9 Å². The van der Waals surface area contributed by atoms with Crippen molar-refractivity contribution in [2.24, 2.45) is 0 Å². The molecule has 2 rings (SSSR count). The van der Waals surface area contributed by atoms with E-state index in [0.717, 1.165) is 16.7 Å². The first-order chi connectivity index (χ1) is 10.1. The Labute approximate surface area is 124 Å². The number of hydrogen-bond donors (Lipinski definition) is 1. The molecule has 0 unspecified atom stereocenters. The first-order valence-electron chi connectivity index (χ1n) is 6.86. The zero-order valence-corrected chi connectivity index (χ0v) is 12.1. The normalized spacial score (nSPS) is 12.3. The second-order valence-corrected chi connectivity index (χ2v) is 4.97. The van der Waals surface area contributed by atoms with Crippen molar-refractivity contribution in [3.8, 4) is 0 Å². The van der Waals surface area contributed by atoms with E-state index in [1.54, 1.807) is 18.2 Å². The van der Waals surface area contributed by atoms with Crippen LogP contribution in [0.15, 0.2) is 54.6 Å². The van der Waals surface area contributed by atoms with Gasteiger partial charge in [0.1, 0.15) is 5.82 Å². The first-order valence-corrected chi connectivity index (χ1v) is 6.86. The van der Waals surface area contributed by atoms with Crippen LogP contribution in [0.1, 0.15) is 29.7 Å². The Balaban J connectivity index is 1.98. The van der Waals surface area contributed by atoms with Crippen molar-refractivity contribution >= 4 is 12.0 Å².